The zero-order valence-corrected chi connectivity index (χ0v) is 11.7. The molecular weight excluding hydrogens is 264 g/mol. The lowest BCUT2D eigenvalue weighted by molar-refractivity contribution is 0.0698. The van der Waals surface area contributed by atoms with Crippen LogP contribution >= 0.6 is 11.8 Å². The number of para-hydroxylation sites is 1. The molecule has 5 nitrogen and oxygen atoms in total. The van der Waals surface area contributed by atoms with Crippen LogP contribution in [-0.2, 0) is 6.54 Å². The molecular formula is C13H16N2O3S. The van der Waals surface area contributed by atoms with E-state index in [-0.39, 0.29) is 11.3 Å². The SMILES string of the molecule is CSC(C)CCn1c(=O)[nH]c2cccc(C(=O)O)c21. The van der Waals surface area contributed by atoms with Crippen LogP contribution in [0.25, 0.3) is 11.0 Å². The Morgan fingerprint density at radius 3 is 2.89 bits per heavy atom. The number of fused-ring (bicyclic) bond motifs is 1. The molecule has 0 aliphatic carbocycles. The van der Waals surface area contributed by atoms with Gasteiger partial charge < -0.3 is 10.1 Å². The van der Waals surface area contributed by atoms with Crippen LogP contribution in [0.5, 0.6) is 0 Å². The summed E-state index contributed by atoms with van der Waals surface area (Å²) >= 11 is 1.73. The maximum Gasteiger partial charge on any atom is 0.337 e. The van der Waals surface area contributed by atoms with Crippen molar-refractivity contribution in [2.24, 2.45) is 0 Å². The fraction of sp³-hybridized carbons (Fsp3) is 0.385. The van der Waals surface area contributed by atoms with Crippen LogP contribution in [0.2, 0.25) is 0 Å². The number of imidazole rings is 1. The monoisotopic (exact) mass is 280 g/mol. The lowest BCUT2D eigenvalue weighted by Gasteiger charge is -2.09. The number of hydrogen-bond donors (Lipinski definition) is 2. The molecule has 2 N–H and O–H groups in total. The molecule has 0 amide bonds. The van der Waals surface area contributed by atoms with Crippen molar-refractivity contribution in [1.82, 2.24) is 9.55 Å². The summed E-state index contributed by atoms with van der Waals surface area (Å²) < 4.78 is 1.52. The first kappa shape index (κ1) is 13.7. The quantitative estimate of drug-likeness (QED) is 0.880. The summed E-state index contributed by atoms with van der Waals surface area (Å²) in [5.74, 6) is -1.02. The highest BCUT2D eigenvalue weighted by molar-refractivity contribution is 7.99. The Morgan fingerprint density at radius 1 is 1.53 bits per heavy atom. The molecule has 1 unspecified atom stereocenters. The van der Waals surface area contributed by atoms with Crippen molar-refractivity contribution in [3.63, 3.8) is 0 Å². The second kappa shape index (κ2) is 5.52. The second-order valence-electron chi connectivity index (χ2n) is 4.42. The third-order valence-electron chi connectivity index (χ3n) is 3.18. The molecule has 0 radical (unpaired) electrons. The van der Waals surface area contributed by atoms with Crippen LogP contribution in [0.4, 0.5) is 0 Å². The number of carboxylic acid groups (broad SMARTS) is 1. The van der Waals surface area contributed by atoms with Gasteiger partial charge in [-0.3, -0.25) is 4.57 Å². The van der Waals surface area contributed by atoms with Crippen LogP contribution in [0.15, 0.2) is 23.0 Å². The molecule has 6 heteroatoms. The fourth-order valence-corrected chi connectivity index (χ4v) is 2.38. The Balaban J connectivity index is 2.50. The number of carbonyl (C=O) groups is 1. The summed E-state index contributed by atoms with van der Waals surface area (Å²) in [6.07, 6.45) is 2.84. The Bertz CT molecular complexity index is 659. The van der Waals surface area contributed by atoms with E-state index in [4.69, 9.17) is 0 Å². The highest BCUT2D eigenvalue weighted by atomic mass is 32.2. The molecule has 0 fully saturated rings. The molecule has 1 atom stereocenters. The van der Waals surface area contributed by atoms with E-state index in [9.17, 15) is 14.7 Å². The predicted molar refractivity (Wildman–Crippen MR) is 77.1 cm³/mol. The number of aromatic nitrogens is 2. The maximum absolute atomic E-state index is 11.9. The van der Waals surface area contributed by atoms with E-state index in [1.807, 2.05) is 6.26 Å². The number of benzene rings is 1. The summed E-state index contributed by atoms with van der Waals surface area (Å²) in [6, 6.07) is 4.88. The van der Waals surface area contributed by atoms with Gasteiger partial charge in [0.2, 0.25) is 0 Å². The van der Waals surface area contributed by atoms with Gasteiger partial charge in [-0.2, -0.15) is 11.8 Å². The lowest BCUT2D eigenvalue weighted by Crippen LogP contribution is -2.19. The highest BCUT2D eigenvalue weighted by Crippen LogP contribution is 2.18. The first-order valence-corrected chi connectivity index (χ1v) is 7.31. The smallest absolute Gasteiger partial charge is 0.337 e. The fourth-order valence-electron chi connectivity index (χ4n) is 2.03. The Morgan fingerprint density at radius 2 is 2.26 bits per heavy atom. The van der Waals surface area contributed by atoms with Crippen molar-refractivity contribution in [3.8, 4) is 0 Å². The molecule has 1 aromatic carbocycles. The summed E-state index contributed by atoms with van der Waals surface area (Å²) in [7, 11) is 0. The minimum atomic E-state index is -1.02. The molecule has 1 heterocycles. The van der Waals surface area contributed by atoms with Crippen molar-refractivity contribution in [1.29, 1.82) is 0 Å². The first-order valence-electron chi connectivity index (χ1n) is 6.02. The second-order valence-corrected chi connectivity index (χ2v) is 5.70. The highest BCUT2D eigenvalue weighted by Gasteiger charge is 2.15. The number of aromatic carboxylic acids is 1. The third kappa shape index (κ3) is 2.68. The zero-order valence-electron chi connectivity index (χ0n) is 10.8. The van der Waals surface area contributed by atoms with E-state index in [1.54, 1.807) is 23.9 Å². The summed E-state index contributed by atoms with van der Waals surface area (Å²) in [5.41, 5.74) is 0.958. The van der Waals surface area contributed by atoms with Gasteiger partial charge in [-0.05, 0) is 24.8 Å². The first-order chi connectivity index (χ1) is 9.04. The average molecular weight is 280 g/mol. The van der Waals surface area contributed by atoms with E-state index >= 15 is 0 Å². The van der Waals surface area contributed by atoms with Gasteiger partial charge in [0.05, 0.1) is 16.6 Å². The Labute approximate surface area is 114 Å². The Hall–Kier alpha value is -1.69. The van der Waals surface area contributed by atoms with Gasteiger partial charge in [0, 0.05) is 11.8 Å². The number of thioether (sulfide) groups is 1. The van der Waals surface area contributed by atoms with E-state index < -0.39 is 5.97 Å². The largest absolute Gasteiger partial charge is 0.478 e. The number of H-pyrrole nitrogens is 1. The predicted octanol–water partition coefficient (Wildman–Crippen LogP) is 2.17. The van der Waals surface area contributed by atoms with E-state index in [0.717, 1.165) is 6.42 Å². The number of aromatic amines is 1. The van der Waals surface area contributed by atoms with Gasteiger partial charge in [-0.1, -0.05) is 13.0 Å². The maximum atomic E-state index is 11.9. The van der Waals surface area contributed by atoms with Gasteiger partial charge >= 0.3 is 11.7 Å². The topological polar surface area (TPSA) is 75.1 Å². The van der Waals surface area contributed by atoms with Gasteiger partial charge in [0.15, 0.2) is 0 Å². The molecule has 1 aromatic heterocycles. The molecule has 0 bridgehead atoms. The summed E-state index contributed by atoms with van der Waals surface area (Å²) in [6.45, 7) is 2.60. The van der Waals surface area contributed by atoms with E-state index in [1.165, 1.54) is 10.6 Å². The molecule has 102 valence electrons. The minimum Gasteiger partial charge on any atom is -0.478 e. The van der Waals surface area contributed by atoms with Crippen LogP contribution < -0.4 is 5.69 Å². The van der Waals surface area contributed by atoms with Gasteiger partial charge in [-0.25, -0.2) is 9.59 Å². The molecule has 2 rings (SSSR count). The van der Waals surface area contributed by atoms with E-state index in [0.29, 0.717) is 22.8 Å². The molecule has 0 saturated heterocycles. The zero-order chi connectivity index (χ0) is 14.0. The van der Waals surface area contributed by atoms with Crippen LogP contribution in [-0.4, -0.2) is 32.1 Å². The summed E-state index contributed by atoms with van der Waals surface area (Å²) in [5, 5.41) is 9.63. The molecule has 0 aliphatic heterocycles. The number of nitrogens with zero attached hydrogens (tertiary/aromatic N) is 1. The number of rotatable bonds is 5. The Kier molecular flexibility index (Phi) is 3.99. The van der Waals surface area contributed by atoms with Crippen molar-refractivity contribution in [3.05, 3.63) is 34.2 Å². The molecule has 19 heavy (non-hydrogen) atoms. The van der Waals surface area contributed by atoms with Crippen LogP contribution in [0.3, 0.4) is 0 Å². The standard InChI is InChI=1S/C13H16N2O3S/c1-8(19-2)6-7-15-11-9(12(16)17)4-3-5-10(11)14-13(15)18/h3-5,8H,6-7H2,1-2H3,(H,14,18)(H,16,17). The van der Waals surface area contributed by atoms with Crippen molar-refractivity contribution in [2.45, 2.75) is 25.1 Å². The van der Waals surface area contributed by atoms with Crippen molar-refractivity contribution in [2.75, 3.05) is 6.26 Å². The summed E-state index contributed by atoms with van der Waals surface area (Å²) in [4.78, 5) is 25.9. The van der Waals surface area contributed by atoms with Gasteiger partial charge in [0.25, 0.3) is 0 Å². The number of aryl methyl sites for hydroxylation is 1. The minimum absolute atomic E-state index is 0.160. The van der Waals surface area contributed by atoms with Crippen LogP contribution in [0.1, 0.15) is 23.7 Å². The molecule has 0 spiro atoms. The molecule has 0 saturated carbocycles. The van der Waals surface area contributed by atoms with Crippen molar-refractivity contribution < 1.29 is 9.90 Å². The lowest BCUT2D eigenvalue weighted by atomic mass is 10.2. The average Bonchev–Trinajstić information content (AvgIpc) is 2.71. The van der Waals surface area contributed by atoms with Gasteiger partial charge in [0.1, 0.15) is 0 Å². The third-order valence-corrected chi connectivity index (χ3v) is 4.23. The van der Waals surface area contributed by atoms with E-state index in [2.05, 4.69) is 11.9 Å². The number of nitrogens with one attached hydrogen (secondary N) is 1. The molecule has 0 aliphatic rings. The number of hydrogen-bond acceptors (Lipinski definition) is 3. The normalized spacial score (nSPS) is 12.7. The van der Waals surface area contributed by atoms with Crippen molar-refractivity contribution >= 4 is 28.8 Å². The number of carboxylic acids is 1. The van der Waals surface area contributed by atoms with Gasteiger partial charge in [-0.15, -0.1) is 0 Å². The molecule has 2 aromatic rings. The van der Waals surface area contributed by atoms with Crippen LogP contribution in [0, 0.1) is 0 Å².